The Morgan fingerprint density at radius 2 is 2.15 bits per heavy atom. The smallest absolute Gasteiger partial charge is 0.161 e. The number of hydrogen-bond acceptors (Lipinski definition) is 5. The van der Waals surface area contributed by atoms with E-state index in [2.05, 4.69) is 11.9 Å². The van der Waals surface area contributed by atoms with E-state index in [0.717, 1.165) is 18.7 Å². The Labute approximate surface area is 120 Å². The van der Waals surface area contributed by atoms with Gasteiger partial charge >= 0.3 is 0 Å². The van der Waals surface area contributed by atoms with Gasteiger partial charge in [0.2, 0.25) is 0 Å². The summed E-state index contributed by atoms with van der Waals surface area (Å²) >= 11 is 0. The first kappa shape index (κ1) is 16.5. The Morgan fingerprint density at radius 3 is 2.85 bits per heavy atom. The molecule has 0 heterocycles. The third-order valence-corrected chi connectivity index (χ3v) is 2.57. The topological polar surface area (TPSA) is 60.0 Å². The van der Waals surface area contributed by atoms with Crippen molar-refractivity contribution in [3.63, 3.8) is 0 Å². The zero-order valence-electron chi connectivity index (χ0n) is 11.9. The summed E-state index contributed by atoms with van der Waals surface area (Å²) in [6.07, 6.45) is 1.70. The van der Waals surface area contributed by atoms with Gasteiger partial charge in [-0.3, -0.25) is 0 Å². The quantitative estimate of drug-likeness (QED) is 0.474. The van der Waals surface area contributed by atoms with E-state index in [0.29, 0.717) is 31.3 Å². The highest BCUT2D eigenvalue weighted by atomic mass is 16.5. The average Bonchev–Trinajstić information content (AvgIpc) is 2.49. The van der Waals surface area contributed by atoms with Gasteiger partial charge in [-0.2, -0.15) is 0 Å². The Morgan fingerprint density at radius 1 is 1.30 bits per heavy atom. The second-order valence-corrected chi connectivity index (χ2v) is 4.10. The van der Waals surface area contributed by atoms with Crippen molar-refractivity contribution in [3.05, 3.63) is 36.4 Å². The van der Waals surface area contributed by atoms with Crippen molar-refractivity contribution >= 4 is 0 Å². The summed E-state index contributed by atoms with van der Waals surface area (Å²) in [6, 6.07) is 5.82. The van der Waals surface area contributed by atoms with Crippen LogP contribution in [-0.2, 0) is 11.3 Å². The minimum atomic E-state index is 0.0589. The molecule has 5 nitrogen and oxygen atoms in total. The molecule has 0 amide bonds. The fourth-order valence-electron chi connectivity index (χ4n) is 1.63. The zero-order chi connectivity index (χ0) is 14.6. The van der Waals surface area contributed by atoms with Crippen molar-refractivity contribution in [1.29, 1.82) is 0 Å². The third kappa shape index (κ3) is 6.06. The van der Waals surface area contributed by atoms with Crippen LogP contribution in [0.15, 0.2) is 30.9 Å². The van der Waals surface area contributed by atoms with E-state index in [9.17, 15) is 0 Å². The van der Waals surface area contributed by atoms with Crippen molar-refractivity contribution < 1.29 is 19.3 Å². The lowest BCUT2D eigenvalue weighted by atomic mass is 10.2. The van der Waals surface area contributed by atoms with Gasteiger partial charge in [0.1, 0.15) is 6.61 Å². The molecule has 5 heteroatoms. The van der Waals surface area contributed by atoms with Crippen LogP contribution in [0.25, 0.3) is 0 Å². The van der Waals surface area contributed by atoms with Gasteiger partial charge in [-0.05, 0) is 17.7 Å². The van der Waals surface area contributed by atoms with E-state index in [-0.39, 0.29) is 6.61 Å². The molecule has 1 aromatic rings. The molecule has 1 rings (SSSR count). The molecule has 0 saturated heterocycles. The minimum Gasteiger partial charge on any atom is -0.493 e. The molecule has 20 heavy (non-hydrogen) atoms. The standard InChI is InChI=1S/C15H23NO4/c1-3-8-20-14-5-4-13(11-15(14)18-2)12-16-6-9-19-10-7-17/h3-5,11,16-17H,1,6-10,12H2,2H3. The SMILES string of the molecule is C=CCOc1ccc(CNCCOCCO)cc1OC. The van der Waals surface area contributed by atoms with Crippen molar-refractivity contribution in [1.82, 2.24) is 5.32 Å². The first-order valence-corrected chi connectivity index (χ1v) is 6.61. The number of ether oxygens (including phenoxy) is 3. The minimum absolute atomic E-state index is 0.0589. The molecular formula is C15H23NO4. The monoisotopic (exact) mass is 281 g/mol. The highest BCUT2D eigenvalue weighted by Gasteiger charge is 2.05. The second kappa shape index (κ2) is 10.3. The van der Waals surface area contributed by atoms with Crippen LogP contribution in [0.1, 0.15) is 5.56 Å². The highest BCUT2D eigenvalue weighted by molar-refractivity contribution is 5.43. The van der Waals surface area contributed by atoms with E-state index in [4.69, 9.17) is 19.3 Å². The van der Waals surface area contributed by atoms with Crippen molar-refractivity contribution in [2.75, 3.05) is 40.1 Å². The van der Waals surface area contributed by atoms with Crippen LogP contribution in [0.2, 0.25) is 0 Å². The summed E-state index contributed by atoms with van der Waals surface area (Å²) in [5.41, 5.74) is 1.11. The van der Waals surface area contributed by atoms with E-state index < -0.39 is 0 Å². The van der Waals surface area contributed by atoms with Crippen LogP contribution < -0.4 is 14.8 Å². The maximum Gasteiger partial charge on any atom is 0.161 e. The second-order valence-electron chi connectivity index (χ2n) is 4.10. The number of aliphatic hydroxyl groups is 1. The molecule has 0 atom stereocenters. The van der Waals surface area contributed by atoms with Crippen LogP contribution in [0.4, 0.5) is 0 Å². The van der Waals surface area contributed by atoms with Crippen LogP contribution in [-0.4, -0.2) is 45.2 Å². The van der Waals surface area contributed by atoms with E-state index in [1.54, 1.807) is 13.2 Å². The molecule has 0 spiro atoms. The third-order valence-electron chi connectivity index (χ3n) is 2.57. The summed E-state index contributed by atoms with van der Waals surface area (Å²) in [6.45, 7) is 6.55. The summed E-state index contributed by atoms with van der Waals surface area (Å²) < 4.78 is 16.0. The van der Waals surface area contributed by atoms with E-state index >= 15 is 0 Å². The highest BCUT2D eigenvalue weighted by Crippen LogP contribution is 2.27. The molecule has 0 saturated carbocycles. The molecule has 0 aromatic heterocycles. The van der Waals surface area contributed by atoms with Crippen LogP contribution in [0, 0.1) is 0 Å². The predicted octanol–water partition coefficient (Wildman–Crippen LogP) is 1.36. The van der Waals surface area contributed by atoms with Crippen LogP contribution in [0.3, 0.4) is 0 Å². The fourth-order valence-corrected chi connectivity index (χ4v) is 1.63. The molecule has 0 aliphatic carbocycles. The van der Waals surface area contributed by atoms with E-state index in [1.807, 2.05) is 18.2 Å². The van der Waals surface area contributed by atoms with Gasteiger partial charge in [0.15, 0.2) is 11.5 Å². The van der Waals surface area contributed by atoms with Crippen molar-refractivity contribution in [2.24, 2.45) is 0 Å². The van der Waals surface area contributed by atoms with Gasteiger partial charge in [-0.15, -0.1) is 0 Å². The van der Waals surface area contributed by atoms with E-state index in [1.165, 1.54) is 0 Å². The maximum absolute atomic E-state index is 8.57. The number of nitrogens with one attached hydrogen (secondary N) is 1. The Hall–Kier alpha value is -1.56. The summed E-state index contributed by atoms with van der Waals surface area (Å²) in [5, 5.41) is 11.8. The lowest BCUT2D eigenvalue weighted by molar-refractivity contribution is 0.0938. The first-order chi connectivity index (χ1) is 9.81. The normalized spacial score (nSPS) is 10.3. The summed E-state index contributed by atoms with van der Waals surface area (Å²) in [5.74, 6) is 1.42. The summed E-state index contributed by atoms with van der Waals surface area (Å²) in [4.78, 5) is 0. The number of rotatable bonds is 11. The lowest BCUT2D eigenvalue weighted by Gasteiger charge is -2.11. The average molecular weight is 281 g/mol. The van der Waals surface area contributed by atoms with Crippen molar-refractivity contribution in [2.45, 2.75) is 6.54 Å². The first-order valence-electron chi connectivity index (χ1n) is 6.61. The number of methoxy groups -OCH3 is 1. The largest absolute Gasteiger partial charge is 0.493 e. The van der Waals surface area contributed by atoms with Gasteiger partial charge in [-0.25, -0.2) is 0 Å². The number of hydrogen-bond donors (Lipinski definition) is 2. The van der Waals surface area contributed by atoms with Crippen LogP contribution in [0.5, 0.6) is 11.5 Å². The molecule has 0 aliphatic heterocycles. The number of aliphatic hydroxyl groups excluding tert-OH is 1. The molecule has 0 aliphatic rings. The maximum atomic E-state index is 8.57. The molecule has 0 unspecified atom stereocenters. The van der Waals surface area contributed by atoms with Gasteiger partial charge in [0.05, 0.1) is 26.9 Å². The van der Waals surface area contributed by atoms with Crippen molar-refractivity contribution in [3.8, 4) is 11.5 Å². The Bertz CT molecular complexity index is 395. The van der Waals surface area contributed by atoms with Gasteiger partial charge in [-0.1, -0.05) is 18.7 Å². The van der Waals surface area contributed by atoms with Crippen LogP contribution >= 0.6 is 0 Å². The molecule has 0 radical (unpaired) electrons. The molecular weight excluding hydrogens is 258 g/mol. The zero-order valence-corrected chi connectivity index (χ0v) is 11.9. The molecule has 2 N–H and O–H groups in total. The Kier molecular flexibility index (Phi) is 8.46. The van der Waals surface area contributed by atoms with Gasteiger partial charge < -0.3 is 24.6 Å². The molecule has 0 bridgehead atoms. The number of benzene rings is 1. The van der Waals surface area contributed by atoms with Gasteiger partial charge in [0.25, 0.3) is 0 Å². The fraction of sp³-hybridized carbons (Fsp3) is 0.467. The molecule has 0 fully saturated rings. The summed E-state index contributed by atoms with van der Waals surface area (Å²) in [7, 11) is 1.62. The Balaban J connectivity index is 2.40. The predicted molar refractivity (Wildman–Crippen MR) is 78.3 cm³/mol. The molecule has 1 aromatic carbocycles. The van der Waals surface area contributed by atoms with Gasteiger partial charge in [0, 0.05) is 13.1 Å². The molecule has 112 valence electrons. The lowest BCUT2D eigenvalue weighted by Crippen LogP contribution is -2.20.